The first kappa shape index (κ1) is 14.5. The maximum Gasteiger partial charge on any atom is 0.187 e. The lowest BCUT2D eigenvalue weighted by atomic mass is 10.2. The van der Waals surface area contributed by atoms with E-state index >= 15 is 0 Å². The van der Waals surface area contributed by atoms with Crippen LogP contribution in [0, 0.1) is 0 Å². The summed E-state index contributed by atoms with van der Waals surface area (Å²) < 4.78 is 3.29. The van der Waals surface area contributed by atoms with E-state index in [0.29, 0.717) is 22.2 Å². The number of tetrazole rings is 1. The Labute approximate surface area is 142 Å². The number of anilines is 1. The molecule has 0 spiro atoms. The minimum Gasteiger partial charge on any atom is -0.398 e. The minimum atomic E-state index is 0.544. The van der Waals surface area contributed by atoms with Gasteiger partial charge in [0.25, 0.3) is 0 Å². The van der Waals surface area contributed by atoms with E-state index in [1.54, 1.807) is 16.8 Å². The zero-order valence-electron chi connectivity index (χ0n) is 10.5. The van der Waals surface area contributed by atoms with E-state index in [-0.39, 0.29) is 0 Å². The molecule has 0 saturated heterocycles. The molecule has 1 heterocycles. The Morgan fingerprint density at radius 1 is 1.10 bits per heavy atom. The number of nitrogens with two attached hydrogens (primary N) is 1. The van der Waals surface area contributed by atoms with Crippen molar-refractivity contribution in [2.24, 2.45) is 0 Å². The smallest absolute Gasteiger partial charge is 0.187 e. The first-order chi connectivity index (χ1) is 10.1. The molecular weight excluding hydrogens is 421 g/mol. The summed E-state index contributed by atoms with van der Waals surface area (Å²) in [6.07, 6.45) is 0. The third kappa shape index (κ3) is 2.81. The second-order valence-corrected chi connectivity index (χ2v) is 6.42. The predicted molar refractivity (Wildman–Crippen MR) is 89.4 cm³/mol. The predicted octanol–water partition coefficient (Wildman–Crippen LogP) is 4.09. The Bertz CT molecular complexity index is 818. The Morgan fingerprint density at radius 2 is 1.90 bits per heavy atom. The van der Waals surface area contributed by atoms with Gasteiger partial charge in [0.1, 0.15) is 0 Å². The number of halogens is 3. The highest BCUT2D eigenvalue weighted by Gasteiger charge is 2.14. The summed E-state index contributed by atoms with van der Waals surface area (Å²) in [6.45, 7) is 0. The van der Waals surface area contributed by atoms with Crippen molar-refractivity contribution >= 4 is 49.1 Å². The minimum absolute atomic E-state index is 0.544. The molecule has 0 saturated carbocycles. The summed E-state index contributed by atoms with van der Waals surface area (Å²) >= 11 is 13.0. The van der Waals surface area contributed by atoms with Gasteiger partial charge in [0.05, 0.1) is 10.7 Å². The van der Waals surface area contributed by atoms with Gasteiger partial charge < -0.3 is 5.73 Å². The molecule has 2 aromatic carbocycles. The molecule has 3 aromatic rings. The van der Waals surface area contributed by atoms with Crippen LogP contribution in [0.25, 0.3) is 17.1 Å². The Kier molecular flexibility index (Phi) is 3.97. The fourth-order valence-electron chi connectivity index (χ4n) is 1.87. The van der Waals surface area contributed by atoms with Gasteiger partial charge in [0, 0.05) is 20.2 Å². The van der Waals surface area contributed by atoms with Crippen LogP contribution in [-0.4, -0.2) is 20.2 Å². The van der Waals surface area contributed by atoms with Crippen LogP contribution in [0.4, 0.5) is 5.69 Å². The standard InChI is InChI=1S/C13H8Br2ClN5/c14-8-2-4-12(10(16)6-8)21-13(18-19-20-21)7-1-3-9(15)11(17)5-7/h1-6H,17H2. The summed E-state index contributed by atoms with van der Waals surface area (Å²) in [4.78, 5) is 0. The number of rotatable bonds is 2. The maximum absolute atomic E-state index is 6.26. The summed E-state index contributed by atoms with van der Waals surface area (Å²) in [7, 11) is 0. The molecule has 3 rings (SSSR count). The fraction of sp³-hybridized carbons (Fsp3) is 0. The van der Waals surface area contributed by atoms with Crippen LogP contribution in [0.15, 0.2) is 45.3 Å². The van der Waals surface area contributed by atoms with Crippen LogP contribution in [0.3, 0.4) is 0 Å². The SMILES string of the molecule is Nc1cc(-c2nnnn2-c2ccc(Br)cc2Cl)ccc1Br. The number of benzene rings is 2. The van der Waals surface area contributed by atoms with E-state index in [1.807, 2.05) is 24.3 Å². The molecule has 0 amide bonds. The monoisotopic (exact) mass is 427 g/mol. The van der Waals surface area contributed by atoms with Crippen LogP contribution in [0.1, 0.15) is 0 Å². The highest BCUT2D eigenvalue weighted by atomic mass is 79.9. The van der Waals surface area contributed by atoms with Crippen LogP contribution in [0.2, 0.25) is 5.02 Å². The van der Waals surface area contributed by atoms with Gasteiger partial charge in [-0.2, -0.15) is 4.68 Å². The third-order valence-corrected chi connectivity index (χ3v) is 4.38. The molecule has 1 aromatic heterocycles. The average molecular weight is 430 g/mol. The van der Waals surface area contributed by atoms with E-state index in [1.165, 1.54) is 0 Å². The molecule has 2 N–H and O–H groups in total. The second-order valence-electron chi connectivity index (χ2n) is 4.25. The van der Waals surface area contributed by atoms with Gasteiger partial charge in [-0.3, -0.25) is 0 Å². The average Bonchev–Trinajstić information content (AvgIpc) is 2.91. The lowest BCUT2D eigenvalue weighted by molar-refractivity contribution is 0.791. The summed E-state index contributed by atoms with van der Waals surface area (Å²) in [5.41, 5.74) is 8.02. The second kappa shape index (κ2) is 5.75. The lowest BCUT2D eigenvalue weighted by Gasteiger charge is -2.08. The normalized spacial score (nSPS) is 10.8. The van der Waals surface area contributed by atoms with Gasteiger partial charge in [-0.1, -0.05) is 27.5 Å². The van der Waals surface area contributed by atoms with E-state index < -0.39 is 0 Å². The van der Waals surface area contributed by atoms with Gasteiger partial charge in [-0.15, -0.1) is 5.10 Å². The third-order valence-electron chi connectivity index (χ3n) is 2.86. The van der Waals surface area contributed by atoms with Crippen molar-refractivity contribution in [3.05, 3.63) is 50.4 Å². The van der Waals surface area contributed by atoms with Crippen LogP contribution >= 0.6 is 43.5 Å². The highest BCUT2D eigenvalue weighted by molar-refractivity contribution is 9.10. The Balaban J connectivity index is 2.14. The quantitative estimate of drug-likeness (QED) is 0.623. The first-order valence-corrected chi connectivity index (χ1v) is 7.82. The number of nitrogen functional groups attached to an aromatic ring is 1. The zero-order valence-corrected chi connectivity index (χ0v) is 14.4. The van der Waals surface area contributed by atoms with Gasteiger partial charge in [0.2, 0.25) is 0 Å². The molecule has 0 fully saturated rings. The molecule has 0 aliphatic rings. The van der Waals surface area contributed by atoms with Gasteiger partial charge in [-0.05, 0) is 62.8 Å². The van der Waals surface area contributed by atoms with Crippen molar-refractivity contribution in [1.82, 2.24) is 20.2 Å². The van der Waals surface area contributed by atoms with Crippen molar-refractivity contribution in [3.63, 3.8) is 0 Å². The highest BCUT2D eigenvalue weighted by Crippen LogP contribution is 2.29. The van der Waals surface area contributed by atoms with Crippen molar-refractivity contribution in [1.29, 1.82) is 0 Å². The van der Waals surface area contributed by atoms with Gasteiger partial charge >= 0.3 is 0 Å². The molecule has 0 aliphatic carbocycles. The molecule has 5 nitrogen and oxygen atoms in total. The van der Waals surface area contributed by atoms with Crippen LogP contribution in [0.5, 0.6) is 0 Å². The molecule has 0 bridgehead atoms. The van der Waals surface area contributed by atoms with E-state index in [2.05, 4.69) is 47.4 Å². The van der Waals surface area contributed by atoms with Crippen molar-refractivity contribution < 1.29 is 0 Å². The maximum atomic E-state index is 6.26. The molecule has 0 unspecified atom stereocenters. The van der Waals surface area contributed by atoms with Gasteiger partial charge in [-0.25, -0.2) is 0 Å². The molecule has 106 valence electrons. The summed E-state index contributed by atoms with van der Waals surface area (Å²) in [6, 6.07) is 11.1. The fourth-order valence-corrected chi connectivity index (χ4v) is 2.87. The molecule has 0 aliphatic heterocycles. The number of aromatic nitrogens is 4. The number of nitrogens with zero attached hydrogens (tertiary/aromatic N) is 4. The van der Waals surface area contributed by atoms with Gasteiger partial charge in [0.15, 0.2) is 5.82 Å². The first-order valence-electron chi connectivity index (χ1n) is 5.85. The Hall–Kier alpha value is -1.44. The van der Waals surface area contributed by atoms with E-state index in [4.69, 9.17) is 17.3 Å². The number of hydrogen-bond acceptors (Lipinski definition) is 4. The van der Waals surface area contributed by atoms with Crippen molar-refractivity contribution in [3.8, 4) is 17.1 Å². The molecule has 21 heavy (non-hydrogen) atoms. The summed E-state index contributed by atoms with van der Waals surface area (Å²) in [5, 5.41) is 12.3. The van der Waals surface area contributed by atoms with Crippen LogP contribution < -0.4 is 5.73 Å². The molecule has 0 radical (unpaired) electrons. The van der Waals surface area contributed by atoms with Crippen LogP contribution in [-0.2, 0) is 0 Å². The Morgan fingerprint density at radius 3 is 2.62 bits per heavy atom. The molecule has 0 atom stereocenters. The lowest BCUT2D eigenvalue weighted by Crippen LogP contribution is -2.01. The van der Waals surface area contributed by atoms with Crippen molar-refractivity contribution in [2.75, 3.05) is 5.73 Å². The number of hydrogen-bond donors (Lipinski definition) is 1. The molecular formula is C13H8Br2ClN5. The van der Waals surface area contributed by atoms with Crippen molar-refractivity contribution in [2.45, 2.75) is 0 Å². The largest absolute Gasteiger partial charge is 0.398 e. The zero-order chi connectivity index (χ0) is 15.0. The molecule has 8 heteroatoms. The van der Waals surface area contributed by atoms with E-state index in [0.717, 1.165) is 14.5 Å². The topological polar surface area (TPSA) is 69.6 Å². The van der Waals surface area contributed by atoms with E-state index in [9.17, 15) is 0 Å². The summed E-state index contributed by atoms with van der Waals surface area (Å²) in [5.74, 6) is 0.568.